The second kappa shape index (κ2) is 12.6. The molecule has 3 aromatic rings. The zero-order valence-electron chi connectivity index (χ0n) is 22.0. The Labute approximate surface area is 219 Å². The Kier molecular flexibility index (Phi) is 9.01. The summed E-state index contributed by atoms with van der Waals surface area (Å²) in [5.74, 6) is 1.76. The Balaban J connectivity index is 1.50. The second-order valence-corrected chi connectivity index (χ2v) is 9.97. The first-order chi connectivity index (χ1) is 17.9. The van der Waals surface area contributed by atoms with Crippen LogP contribution >= 0.6 is 0 Å². The summed E-state index contributed by atoms with van der Waals surface area (Å²) in [6, 6.07) is 21.2. The molecule has 1 saturated heterocycles. The number of benzene rings is 2. The standard InChI is InChI=1S/C30H37N3O4/c1-22(2)25-12-14-26(15-13-25)31-30(35)33(19-27-10-7-17-36-27)21-29(34)32(18-24-8-5-4-6-9-24)20-28-16-11-23(3)37-28/h4-6,8-9,11-16,22,27H,7,10,17-21H2,1-3H3,(H,31,35). The van der Waals surface area contributed by atoms with Crippen molar-refractivity contribution in [3.63, 3.8) is 0 Å². The van der Waals surface area contributed by atoms with Crippen molar-refractivity contribution in [3.8, 4) is 0 Å². The lowest BCUT2D eigenvalue weighted by Crippen LogP contribution is -2.46. The highest BCUT2D eigenvalue weighted by Gasteiger charge is 2.27. The minimum Gasteiger partial charge on any atom is -0.464 e. The van der Waals surface area contributed by atoms with E-state index in [0.29, 0.717) is 43.6 Å². The molecule has 2 aromatic carbocycles. The van der Waals surface area contributed by atoms with Crippen molar-refractivity contribution in [1.29, 1.82) is 0 Å². The molecule has 3 amide bonds. The second-order valence-electron chi connectivity index (χ2n) is 9.97. The molecule has 1 atom stereocenters. The molecule has 1 unspecified atom stereocenters. The quantitative estimate of drug-likeness (QED) is 0.371. The fraction of sp³-hybridized carbons (Fsp3) is 0.400. The smallest absolute Gasteiger partial charge is 0.322 e. The van der Waals surface area contributed by atoms with Crippen LogP contribution in [0.5, 0.6) is 0 Å². The summed E-state index contributed by atoms with van der Waals surface area (Å²) in [5.41, 5.74) is 2.92. The number of rotatable bonds is 10. The number of carbonyl (C=O) groups is 2. The number of hydrogen-bond acceptors (Lipinski definition) is 4. The first-order valence-corrected chi connectivity index (χ1v) is 13.0. The van der Waals surface area contributed by atoms with Gasteiger partial charge >= 0.3 is 6.03 Å². The van der Waals surface area contributed by atoms with Gasteiger partial charge < -0.3 is 24.3 Å². The summed E-state index contributed by atoms with van der Waals surface area (Å²) in [6.07, 6.45) is 1.76. The summed E-state index contributed by atoms with van der Waals surface area (Å²) in [5, 5.41) is 2.97. The van der Waals surface area contributed by atoms with Crippen LogP contribution in [0.15, 0.2) is 71.1 Å². The maximum Gasteiger partial charge on any atom is 0.322 e. The number of nitrogens with one attached hydrogen (secondary N) is 1. The first-order valence-electron chi connectivity index (χ1n) is 13.0. The maximum atomic E-state index is 13.6. The SMILES string of the molecule is Cc1ccc(CN(Cc2ccccc2)C(=O)CN(CC2CCCO2)C(=O)Nc2ccc(C(C)C)cc2)o1. The number of ether oxygens (including phenoxy) is 1. The van der Waals surface area contributed by atoms with Gasteiger partial charge in [-0.3, -0.25) is 4.79 Å². The van der Waals surface area contributed by atoms with Crippen LogP contribution in [0.1, 0.15) is 55.3 Å². The number of aryl methyl sites for hydroxylation is 1. The van der Waals surface area contributed by atoms with Gasteiger partial charge in [-0.25, -0.2) is 4.79 Å². The van der Waals surface area contributed by atoms with E-state index >= 15 is 0 Å². The average Bonchev–Trinajstić information content (AvgIpc) is 3.55. The molecule has 0 radical (unpaired) electrons. The van der Waals surface area contributed by atoms with Crippen molar-refractivity contribution in [2.24, 2.45) is 0 Å². The molecular weight excluding hydrogens is 466 g/mol. The normalized spacial score (nSPS) is 15.1. The van der Waals surface area contributed by atoms with Gasteiger partial charge in [0.15, 0.2) is 0 Å². The van der Waals surface area contributed by atoms with Crippen molar-refractivity contribution in [1.82, 2.24) is 9.80 Å². The lowest BCUT2D eigenvalue weighted by Gasteiger charge is -2.29. The van der Waals surface area contributed by atoms with E-state index in [1.54, 1.807) is 9.80 Å². The molecule has 4 rings (SSSR count). The Morgan fingerprint density at radius 1 is 0.973 bits per heavy atom. The van der Waals surface area contributed by atoms with Gasteiger partial charge in [-0.1, -0.05) is 56.3 Å². The lowest BCUT2D eigenvalue weighted by atomic mass is 10.0. The van der Waals surface area contributed by atoms with Crippen LogP contribution in [0.3, 0.4) is 0 Å². The summed E-state index contributed by atoms with van der Waals surface area (Å²) in [7, 11) is 0. The van der Waals surface area contributed by atoms with E-state index in [-0.39, 0.29) is 24.6 Å². The molecule has 0 saturated carbocycles. The van der Waals surface area contributed by atoms with Gasteiger partial charge in [0.05, 0.1) is 12.6 Å². The van der Waals surface area contributed by atoms with Crippen molar-refractivity contribution < 1.29 is 18.7 Å². The van der Waals surface area contributed by atoms with E-state index in [1.807, 2.05) is 73.7 Å². The Bertz CT molecular complexity index is 1150. The van der Waals surface area contributed by atoms with Crippen molar-refractivity contribution in [3.05, 3.63) is 89.4 Å². The summed E-state index contributed by atoms with van der Waals surface area (Å²) >= 11 is 0. The zero-order valence-corrected chi connectivity index (χ0v) is 22.0. The van der Waals surface area contributed by atoms with E-state index in [2.05, 4.69) is 19.2 Å². The number of anilines is 1. The zero-order chi connectivity index (χ0) is 26.2. The molecule has 0 spiro atoms. The molecule has 1 aliphatic heterocycles. The Morgan fingerprint density at radius 3 is 2.35 bits per heavy atom. The van der Waals surface area contributed by atoms with Crippen molar-refractivity contribution in [2.75, 3.05) is 25.0 Å². The number of amides is 3. The number of hydrogen-bond donors (Lipinski definition) is 1. The highest BCUT2D eigenvalue weighted by Crippen LogP contribution is 2.19. The number of urea groups is 1. The Morgan fingerprint density at radius 2 is 1.73 bits per heavy atom. The molecule has 0 aliphatic carbocycles. The predicted molar refractivity (Wildman–Crippen MR) is 144 cm³/mol. The van der Waals surface area contributed by atoms with E-state index in [9.17, 15) is 9.59 Å². The van der Waals surface area contributed by atoms with Crippen LogP contribution in [0.2, 0.25) is 0 Å². The number of furan rings is 1. The third-order valence-corrected chi connectivity index (χ3v) is 6.60. The van der Waals surface area contributed by atoms with Gasteiger partial charge in [0.1, 0.15) is 18.1 Å². The molecule has 37 heavy (non-hydrogen) atoms. The highest BCUT2D eigenvalue weighted by atomic mass is 16.5. The maximum absolute atomic E-state index is 13.6. The molecule has 7 nitrogen and oxygen atoms in total. The Hall–Kier alpha value is -3.58. The van der Waals surface area contributed by atoms with Gasteiger partial charge in [0, 0.05) is 25.4 Å². The topological polar surface area (TPSA) is 75.0 Å². The van der Waals surface area contributed by atoms with Crippen LogP contribution in [0, 0.1) is 6.92 Å². The molecule has 1 aromatic heterocycles. The fourth-order valence-corrected chi connectivity index (χ4v) is 4.46. The van der Waals surface area contributed by atoms with Gasteiger partial charge in [-0.15, -0.1) is 0 Å². The van der Waals surface area contributed by atoms with Gasteiger partial charge in [0.25, 0.3) is 0 Å². The van der Waals surface area contributed by atoms with E-state index in [0.717, 1.165) is 24.2 Å². The minimum atomic E-state index is -0.311. The summed E-state index contributed by atoms with van der Waals surface area (Å²) < 4.78 is 11.6. The van der Waals surface area contributed by atoms with Crippen LogP contribution < -0.4 is 5.32 Å². The highest BCUT2D eigenvalue weighted by molar-refractivity contribution is 5.92. The monoisotopic (exact) mass is 503 g/mol. The van der Waals surface area contributed by atoms with Crippen LogP contribution in [0.4, 0.5) is 10.5 Å². The van der Waals surface area contributed by atoms with Crippen LogP contribution in [-0.4, -0.2) is 47.5 Å². The molecule has 1 N–H and O–H groups in total. The molecule has 0 bridgehead atoms. The van der Waals surface area contributed by atoms with Gasteiger partial charge in [-0.05, 0) is 61.1 Å². The van der Waals surface area contributed by atoms with E-state index in [1.165, 1.54) is 5.56 Å². The lowest BCUT2D eigenvalue weighted by molar-refractivity contribution is -0.133. The third kappa shape index (κ3) is 7.70. The molecular formula is C30H37N3O4. The average molecular weight is 504 g/mol. The summed E-state index contributed by atoms with van der Waals surface area (Å²) in [4.78, 5) is 30.3. The molecule has 196 valence electrons. The largest absolute Gasteiger partial charge is 0.464 e. The van der Waals surface area contributed by atoms with E-state index < -0.39 is 0 Å². The third-order valence-electron chi connectivity index (χ3n) is 6.60. The summed E-state index contributed by atoms with van der Waals surface area (Å²) in [6.45, 7) is 7.89. The molecule has 1 fully saturated rings. The minimum absolute atomic E-state index is 0.0533. The fourth-order valence-electron chi connectivity index (χ4n) is 4.46. The number of carbonyl (C=O) groups excluding carboxylic acids is 2. The van der Waals surface area contributed by atoms with Gasteiger partial charge in [0.2, 0.25) is 5.91 Å². The first kappa shape index (κ1) is 26.5. The van der Waals surface area contributed by atoms with Crippen LogP contribution in [0.25, 0.3) is 0 Å². The van der Waals surface area contributed by atoms with E-state index in [4.69, 9.17) is 9.15 Å². The molecule has 7 heteroatoms. The van der Waals surface area contributed by atoms with Crippen molar-refractivity contribution in [2.45, 2.75) is 58.7 Å². The number of nitrogens with zero attached hydrogens (tertiary/aromatic N) is 2. The predicted octanol–water partition coefficient (Wildman–Crippen LogP) is 5.95. The molecule has 2 heterocycles. The van der Waals surface area contributed by atoms with Crippen LogP contribution in [-0.2, 0) is 22.6 Å². The van der Waals surface area contributed by atoms with Crippen molar-refractivity contribution >= 4 is 17.6 Å². The molecule has 1 aliphatic rings. The van der Waals surface area contributed by atoms with Gasteiger partial charge in [-0.2, -0.15) is 0 Å².